The molecule has 1 amide bonds. The van der Waals surface area contributed by atoms with Crippen LogP contribution < -0.4 is 9.47 Å². The minimum Gasteiger partial charge on any atom is -0.486 e. The van der Waals surface area contributed by atoms with Crippen LogP contribution in [0.3, 0.4) is 0 Å². The summed E-state index contributed by atoms with van der Waals surface area (Å²) in [6.45, 7) is 4.05. The summed E-state index contributed by atoms with van der Waals surface area (Å²) < 4.78 is 17.3. The quantitative estimate of drug-likeness (QED) is 0.844. The first kappa shape index (κ1) is 16.0. The molecule has 5 heteroatoms. The van der Waals surface area contributed by atoms with Gasteiger partial charge in [0.15, 0.2) is 11.5 Å². The fourth-order valence-electron chi connectivity index (χ4n) is 3.38. The van der Waals surface area contributed by atoms with Crippen molar-refractivity contribution in [1.29, 1.82) is 0 Å². The highest BCUT2D eigenvalue weighted by atomic mass is 16.6. The van der Waals surface area contributed by atoms with Crippen molar-refractivity contribution in [3.8, 4) is 11.5 Å². The van der Waals surface area contributed by atoms with Gasteiger partial charge in [0.2, 0.25) is 0 Å². The van der Waals surface area contributed by atoms with Gasteiger partial charge in [-0.3, -0.25) is 4.79 Å². The normalized spacial score (nSPS) is 22.5. The van der Waals surface area contributed by atoms with Gasteiger partial charge >= 0.3 is 0 Å². The summed E-state index contributed by atoms with van der Waals surface area (Å²) in [4.78, 5) is 15.0. The van der Waals surface area contributed by atoms with E-state index < -0.39 is 0 Å². The molecule has 0 aromatic heterocycles. The van der Waals surface area contributed by atoms with Crippen LogP contribution in [0.15, 0.2) is 48.5 Å². The van der Waals surface area contributed by atoms with Crippen molar-refractivity contribution >= 4 is 5.91 Å². The van der Waals surface area contributed by atoms with Crippen LogP contribution in [0.1, 0.15) is 28.9 Å². The number of nitrogens with zero attached hydrogens (tertiary/aromatic N) is 1. The van der Waals surface area contributed by atoms with Gasteiger partial charge in [0, 0.05) is 6.54 Å². The summed E-state index contributed by atoms with van der Waals surface area (Å²) in [7, 11) is 0. The molecule has 1 saturated heterocycles. The summed E-state index contributed by atoms with van der Waals surface area (Å²) in [5.41, 5.74) is 1.64. The third-order valence-corrected chi connectivity index (χ3v) is 4.52. The molecule has 0 bridgehead atoms. The lowest BCUT2D eigenvalue weighted by molar-refractivity contribution is -0.0692. The van der Waals surface area contributed by atoms with Gasteiger partial charge in [0.1, 0.15) is 19.3 Å². The van der Waals surface area contributed by atoms with Gasteiger partial charge in [0.25, 0.3) is 5.91 Å². The monoisotopic (exact) mass is 339 g/mol. The van der Waals surface area contributed by atoms with E-state index in [0.717, 1.165) is 5.56 Å². The highest BCUT2D eigenvalue weighted by molar-refractivity contribution is 5.98. The molecule has 0 radical (unpaired) electrons. The Morgan fingerprint density at radius 2 is 1.80 bits per heavy atom. The lowest BCUT2D eigenvalue weighted by Gasteiger charge is -2.37. The molecule has 1 fully saturated rings. The first-order valence-corrected chi connectivity index (χ1v) is 8.60. The molecule has 0 aliphatic carbocycles. The number of carbonyl (C=O) groups is 1. The van der Waals surface area contributed by atoms with Gasteiger partial charge in [-0.15, -0.1) is 0 Å². The molecule has 0 saturated carbocycles. The molecule has 2 aliphatic heterocycles. The second kappa shape index (κ2) is 6.76. The fraction of sp³-hybridized carbons (Fsp3) is 0.350. The van der Waals surface area contributed by atoms with Crippen LogP contribution in [0.2, 0.25) is 0 Å². The second-order valence-electron chi connectivity index (χ2n) is 6.39. The Labute approximate surface area is 147 Å². The molecular formula is C20H21NO4. The van der Waals surface area contributed by atoms with Gasteiger partial charge in [-0.05, 0) is 24.6 Å². The molecule has 2 aromatic rings. The van der Waals surface area contributed by atoms with Crippen molar-refractivity contribution in [2.24, 2.45) is 0 Å². The van der Waals surface area contributed by atoms with Crippen LogP contribution in [-0.4, -0.2) is 43.2 Å². The molecule has 2 atom stereocenters. The van der Waals surface area contributed by atoms with Crippen LogP contribution in [0.4, 0.5) is 0 Å². The van der Waals surface area contributed by atoms with Gasteiger partial charge in [-0.1, -0.05) is 36.4 Å². The smallest absolute Gasteiger partial charge is 0.257 e. The Kier molecular flexibility index (Phi) is 4.32. The zero-order chi connectivity index (χ0) is 17.2. The number of benzene rings is 2. The van der Waals surface area contributed by atoms with Gasteiger partial charge < -0.3 is 19.1 Å². The number of hydrogen-bond acceptors (Lipinski definition) is 4. The largest absolute Gasteiger partial charge is 0.486 e. The minimum absolute atomic E-state index is 0.0281. The number of carbonyl (C=O) groups excluding carboxylic acids is 1. The van der Waals surface area contributed by atoms with E-state index >= 15 is 0 Å². The van der Waals surface area contributed by atoms with Crippen molar-refractivity contribution < 1.29 is 19.0 Å². The van der Waals surface area contributed by atoms with E-state index in [4.69, 9.17) is 14.2 Å². The Morgan fingerprint density at radius 1 is 1.00 bits per heavy atom. The summed E-state index contributed by atoms with van der Waals surface area (Å²) >= 11 is 0. The lowest BCUT2D eigenvalue weighted by Crippen LogP contribution is -2.46. The second-order valence-corrected chi connectivity index (χ2v) is 6.39. The lowest BCUT2D eigenvalue weighted by atomic mass is 10.0. The van der Waals surface area contributed by atoms with Gasteiger partial charge in [0.05, 0.1) is 18.2 Å². The summed E-state index contributed by atoms with van der Waals surface area (Å²) in [6.07, 6.45) is -0.148. The maximum atomic E-state index is 13.1. The summed E-state index contributed by atoms with van der Waals surface area (Å²) in [5.74, 6) is 1.14. The van der Waals surface area contributed by atoms with E-state index in [1.807, 2.05) is 54.3 Å². The van der Waals surface area contributed by atoms with E-state index in [9.17, 15) is 4.79 Å². The summed E-state index contributed by atoms with van der Waals surface area (Å²) in [5, 5.41) is 0. The third kappa shape index (κ3) is 3.20. The van der Waals surface area contributed by atoms with Crippen LogP contribution >= 0.6 is 0 Å². The van der Waals surface area contributed by atoms with E-state index in [2.05, 4.69) is 0 Å². The Bertz CT molecular complexity index is 762. The number of para-hydroxylation sites is 1. The van der Waals surface area contributed by atoms with E-state index in [0.29, 0.717) is 43.4 Å². The van der Waals surface area contributed by atoms with Crippen LogP contribution in [0.25, 0.3) is 0 Å². The first-order valence-electron chi connectivity index (χ1n) is 8.60. The predicted molar refractivity (Wildman–Crippen MR) is 93.1 cm³/mol. The number of ether oxygens (including phenoxy) is 3. The topological polar surface area (TPSA) is 48.0 Å². The fourth-order valence-corrected chi connectivity index (χ4v) is 3.38. The van der Waals surface area contributed by atoms with Crippen LogP contribution in [0, 0.1) is 0 Å². The van der Waals surface area contributed by atoms with Crippen molar-refractivity contribution in [2.75, 3.05) is 26.3 Å². The minimum atomic E-state index is -0.120. The van der Waals surface area contributed by atoms with Crippen molar-refractivity contribution in [1.82, 2.24) is 4.90 Å². The molecule has 2 aliphatic rings. The van der Waals surface area contributed by atoms with E-state index in [1.165, 1.54) is 0 Å². The molecule has 5 nitrogen and oxygen atoms in total. The molecular weight excluding hydrogens is 318 g/mol. The van der Waals surface area contributed by atoms with Crippen LogP contribution in [0.5, 0.6) is 11.5 Å². The molecule has 2 heterocycles. The third-order valence-electron chi connectivity index (χ3n) is 4.52. The van der Waals surface area contributed by atoms with Crippen molar-refractivity contribution in [3.05, 3.63) is 59.7 Å². The molecule has 130 valence electrons. The standard InChI is InChI=1S/C20H21NO4/c1-14-12-21(13-18(25-14)15-6-3-2-4-7-15)20(22)16-8-5-9-17-19(16)24-11-10-23-17/h2-9,14,18H,10-13H2,1H3. The van der Waals surface area contributed by atoms with Crippen molar-refractivity contribution in [2.45, 2.75) is 19.1 Å². The first-order chi connectivity index (χ1) is 12.2. The van der Waals surface area contributed by atoms with E-state index in [1.54, 1.807) is 6.07 Å². The average molecular weight is 339 g/mol. The predicted octanol–water partition coefficient (Wildman–Crippen LogP) is 3.06. The summed E-state index contributed by atoms with van der Waals surface area (Å²) in [6, 6.07) is 15.5. The van der Waals surface area contributed by atoms with E-state index in [-0.39, 0.29) is 18.1 Å². The highest BCUT2D eigenvalue weighted by Gasteiger charge is 2.32. The highest BCUT2D eigenvalue weighted by Crippen LogP contribution is 2.35. The number of amides is 1. The Morgan fingerprint density at radius 3 is 2.64 bits per heavy atom. The average Bonchev–Trinajstić information content (AvgIpc) is 2.67. The SMILES string of the molecule is CC1CN(C(=O)c2cccc3c2OCCO3)CC(c2ccccc2)O1. The maximum Gasteiger partial charge on any atom is 0.257 e. The molecule has 0 N–H and O–H groups in total. The zero-order valence-corrected chi connectivity index (χ0v) is 14.2. The number of fused-ring (bicyclic) bond motifs is 1. The Hall–Kier alpha value is -2.53. The molecule has 0 spiro atoms. The number of hydrogen-bond donors (Lipinski definition) is 0. The molecule has 2 aromatic carbocycles. The van der Waals surface area contributed by atoms with Crippen molar-refractivity contribution in [3.63, 3.8) is 0 Å². The Balaban J connectivity index is 1.60. The zero-order valence-electron chi connectivity index (χ0n) is 14.2. The maximum absolute atomic E-state index is 13.1. The number of rotatable bonds is 2. The van der Waals surface area contributed by atoms with Gasteiger partial charge in [-0.25, -0.2) is 0 Å². The molecule has 4 rings (SSSR count). The number of morpholine rings is 1. The molecule has 2 unspecified atom stereocenters. The van der Waals surface area contributed by atoms with Crippen LogP contribution in [-0.2, 0) is 4.74 Å². The van der Waals surface area contributed by atoms with Gasteiger partial charge in [-0.2, -0.15) is 0 Å². The molecule has 25 heavy (non-hydrogen) atoms.